The molecule has 3 aromatic carbocycles. The summed E-state index contributed by atoms with van der Waals surface area (Å²) in [5.41, 5.74) is 32.4. The Bertz CT molecular complexity index is 1410. The summed E-state index contributed by atoms with van der Waals surface area (Å²) in [5.74, 6) is -1.60. The van der Waals surface area contributed by atoms with Gasteiger partial charge in [0.05, 0.1) is 35.4 Å². The van der Waals surface area contributed by atoms with E-state index in [4.69, 9.17) is 27.9 Å². The first kappa shape index (κ1) is 29.4. The number of nitrogens with one attached hydrogen (secondary N) is 2. The number of para-hydroxylation sites is 1. The van der Waals surface area contributed by atoms with E-state index in [9.17, 15) is 4.79 Å². The van der Waals surface area contributed by atoms with Crippen LogP contribution >= 0.6 is 0 Å². The van der Waals surface area contributed by atoms with E-state index >= 15 is 0 Å². The van der Waals surface area contributed by atoms with Crippen LogP contribution < -0.4 is 43.9 Å². The number of hydrogen-bond donors (Lipinski definition) is 6. The van der Waals surface area contributed by atoms with Crippen LogP contribution in [-0.4, -0.2) is 37.3 Å². The summed E-state index contributed by atoms with van der Waals surface area (Å²) in [5, 5.41) is 16.0. The molecule has 0 unspecified atom stereocenters. The summed E-state index contributed by atoms with van der Waals surface area (Å²) in [7, 11) is 1.34. The number of amides is 1. The maximum atomic E-state index is 13.1. The second-order valence-electron chi connectivity index (χ2n) is 8.93. The number of hydrazine groups is 1. The summed E-state index contributed by atoms with van der Waals surface area (Å²) in [6.07, 6.45) is 0.726. The largest absolute Gasteiger partial charge is 0.312 e. The van der Waals surface area contributed by atoms with Gasteiger partial charge in [0.2, 0.25) is 0 Å². The molecular formula is C27H33N11O3. The number of hydrogen-bond acceptors (Lipinski definition) is 13. The molecule has 0 saturated heterocycles. The third-order valence-corrected chi connectivity index (χ3v) is 5.94. The van der Waals surface area contributed by atoms with E-state index in [1.54, 1.807) is 47.5 Å². The van der Waals surface area contributed by atoms with Crippen molar-refractivity contribution >= 4 is 40.6 Å². The molecule has 1 heterocycles. The maximum Gasteiger partial charge on any atom is 0.282 e. The van der Waals surface area contributed by atoms with Crippen LogP contribution in [0.25, 0.3) is 6.08 Å². The highest BCUT2D eigenvalue weighted by Gasteiger charge is 2.32. The molecule has 0 saturated carbocycles. The van der Waals surface area contributed by atoms with Crippen molar-refractivity contribution in [3.05, 3.63) is 90.0 Å². The van der Waals surface area contributed by atoms with Crippen molar-refractivity contribution in [2.75, 3.05) is 23.7 Å². The van der Waals surface area contributed by atoms with Crippen LogP contribution in [0.3, 0.4) is 0 Å². The molecule has 0 spiro atoms. The van der Waals surface area contributed by atoms with E-state index in [-0.39, 0.29) is 11.7 Å². The monoisotopic (exact) mass is 559 g/mol. The van der Waals surface area contributed by atoms with Crippen LogP contribution in [0.2, 0.25) is 0 Å². The SMILES string of the molecule is CCN(NC(N)(N)C(N)N)c1ccc(/N=N/c2ccc(/C=C3\C(=O)N(c4ccccc4)N=C3NOOC)cc2)cc1. The van der Waals surface area contributed by atoms with Crippen LogP contribution in [0.1, 0.15) is 12.5 Å². The number of nitrogens with zero attached hydrogens (tertiary/aromatic N) is 5. The van der Waals surface area contributed by atoms with Gasteiger partial charge in [-0.3, -0.25) is 16.3 Å². The summed E-state index contributed by atoms with van der Waals surface area (Å²) in [6, 6.07) is 23.6. The van der Waals surface area contributed by atoms with Crippen molar-refractivity contribution in [2.24, 2.45) is 38.3 Å². The minimum Gasteiger partial charge on any atom is -0.312 e. The number of benzene rings is 3. The maximum absolute atomic E-state index is 13.1. The summed E-state index contributed by atoms with van der Waals surface area (Å²) >= 11 is 0. The topological polar surface area (TPSA) is 207 Å². The lowest BCUT2D eigenvalue weighted by Crippen LogP contribution is -2.77. The molecule has 0 atom stereocenters. The summed E-state index contributed by atoms with van der Waals surface area (Å²) < 4.78 is 0. The van der Waals surface area contributed by atoms with E-state index in [0.717, 1.165) is 11.3 Å². The molecule has 0 aromatic heterocycles. The third-order valence-electron chi connectivity index (χ3n) is 5.94. The summed E-state index contributed by atoms with van der Waals surface area (Å²) in [4.78, 5) is 22.6. The molecule has 0 fully saturated rings. The van der Waals surface area contributed by atoms with Crippen molar-refractivity contribution < 1.29 is 14.7 Å². The van der Waals surface area contributed by atoms with Gasteiger partial charge in [-0.25, -0.2) is 10.4 Å². The zero-order chi connectivity index (χ0) is 29.4. The number of carbonyl (C=O) groups excluding carboxylic acids is 1. The normalized spacial score (nSPS) is 14.8. The number of nitrogens with two attached hydrogens (primary N) is 4. The molecule has 0 radical (unpaired) electrons. The first-order valence-electron chi connectivity index (χ1n) is 12.6. The van der Waals surface area contributed by atoms with Gasteiger partial charge in [0.1, 0.15) is 6.17 Å². The fourth-order valence-corrected chi connectivity index (χ4v) is 3.70. The Labute approximate surface area is 237 Å². The Morgan fingerprint density at radius 2 is 1.61 bits per heavy atom. The van der Waals surface area contributed by atoms with E-state index in [1.165, 1.54) is 12.1 Å². The van der Waals surface area contributed by atoms with E-state index in [1.807, 2.05) is 49.4 Å². The van der Waals surface area contributed by atoms with Gasteiger partial charge in [-0.2, -0.15) is 20.7 Å². The fraction of sp³-hybridized carbons (Fsp3) is 0.185. The predicted octanol–water partition coefficient (Wildman–Crippen LogP) is 2.07. The number of hydrazone groups is 1. The molecular weight excluding hydrogens is 526 g/mol. The van der Waals surface area contributed by atoms with Gasteiger partial charge in [0, 0.05) is 6.54 Å². The Morgan fingerprint density at radius 3 is 2.17 bits per heavy atom. The zero-order valence-electron chi connectivity index (χ0n) is 22.6. The number of hydroxylamine groups is 1. The van der Waals surface area contributed by atoms with Gasteiger partial charge in [0.25, 0.3) is 5.91 Å². The molecule has 0 bridgehead atoms. The molecule has 1 amide bonds. The van der Waals surface area contributed by atoms with Crippen molar-refractivity contribution in [3.8, 4) is 0 Å². The first-order valence-corrected chi connectivity index (χ1v) is 12.6. The van der Waals surface area contributed by atoms with Crippen LogP contribution in [-0.2, 0) is 14.7 Å². The number of rotatable bonds is 11. The highest BCUT2D eigenvalue weighted by molar-refractivity contribution is 6.31. The van der Waals surface area contributed by atoms with E-state index in [0.29, 0.717) is 29.2 Å². The van der Waals surface area contributed by atoms with Gasteiger partial charge in [0.15, 0.2) is 11.6 Å². The number of anilines is 2. The number of carbonyl (C=O) groups is 1. The average molecular weight is 560 g/mol. The number of azo groups is 1. The quantitative estimate of drug-likeness (QED) is 0.0662. The molecule has 1 aliphatic rings. The molecule has 10 N–H and O–H groups in total. The number of amidine groups is 1. The van der Waals surface area contributed by atoms with Crippen LogP contribution in [0, 0.1) is 0 Å². The molecule has 14 nitrogen and oxygen atoms in total. The first-order chi connectivity index (χ1) is 19.7. The van der Waals surface area contributed by atoms with Crippen molar-refractivity contribution in [1.29, 1.82) is 0 Å². The lowest BCUT2D eigenvalue weighted by atomic mass is 10.1. The van der Waals surface area contributed by atoms with Crippen LogP contribution in [0.15, 0.2) is 99.8 Å². The van der Waals surface area contributed by atoms with Gasteiger partial charge >= 0.3 is 0 Å². The Morgan fingerprint density at radius 1 is 1.00 bits per heavy atom. The average Bonchev–Trinajstić information content (AvgIpc) is 3.29. The Hall–Kier alpha value is -4.54. The zero-order valence-corrected chi connectivity index (χ0v) is 22.6. The molecule has 3 aromatic rings. The molecule has 1 aliphatic heterocycles. The second kappa shape index (κ2) is 13.2. The minimum absolute atomic E-state index is 0.208. The van der Waals surface area contributed by atoms with E-state index < -0.39 is 12.0 Å². The van der Waals surface area contributed by atoms with Gasteiger partial charge in [-0.1, -0.05) is 30.3 Å². The molecule has 214 valence electrons. The predicted molar refractivity (Wildman–Crippen MR) is 157 cm³/mol. The molecule has 14 heteroatoms. The van der Waals surface area contributed by atoms with Crippen LogP contribution in [0.4, 0.5) is 22.7 Å². The molecule has 4 rings (SSSR count). The highest BCUT2D eigenvalue weighted by Crippen LogP contribution is 2.26. The standard InChI is InChI=1S/C27H33N11O3/c1-3-37(36-27(30,31)26(28)29)21-15-13-20(14-16-21)33-32-19-11-9-18(10-12-19)17-23-24(35-41-40-2)34-38(25(23)39)22-7-5-4-6-8-22/h4-17,26,36H,3,28-31H2,1-2H3,(H,34,35)/b23-17-,33-32+. The molecule has 0 aliphatic carbocycles. The second-order valence-corrected chi connectivity index (χ2v) is 8.93. The highest BCUT2D eigenvalue weighted by atomic mass is 17.3. The minimum atomic E-state index is -1.48. The fourth-order valence-electron chi connectivity index (χ4n) is 3.70. The smallest absolute Gasteiger partial charge is 0.282 e. The van der Waals surface area contributed by atoms with E-state index in [2.05, 4.69) is 31.1 Å². The van der Waals surface area contributed by atoms with Gasteiger partial charge < -0.3 is 16.5 Å². The van der Waals surface area contributed by atoms with Crippen molar-refractivity contribution in [3.63, 3.8) is 0 Å². The summed E-state index contributed by atoms with van der Waals surface area (Å²) in [6.45, 7) is 2.49. The van der Waals surface area contributed by atoms with Gasteiger partial charge in [-0.05, 0) is 67.1 Å². The lowest BCUT2D eigenvalue weighted by molar-refractivity contribution is -0.300. The van der Waals surface area contributed by atoms with Crippen molar-refractivity contribution in [2.45, 2.75) is 18.9 Å². The lowest BCUT2D eigenvalue weighted by Gasteiger charge is -2.36. The Kier molecular flexibility index (Phi) is 9.49. The third kappa shape index (κ3) is 7.36. The van der Waals surface area contributed by atoms with Crippen LogP contribution in [0.5, 0.6) is 0 Å². The van der Waals surface area contributed by atoms with Gasteiger partial charge in [-0.15, -0.1) is 10.1 Å². The molecule has 41 heavy (non-hydrogen) atoms. The Balaban J connectivity index is 1.45. The van der Waals surface area contributed by atoms with Crippen molar-refractivity contribution in [1.82, 2.24) is 10.9 Å².